The molecule has 1 rings (SSSR count). The summed E-state index contributed by atoms with van der Waals surface area (Å²) in [6.07, 6.45) is 0. The maximum absolute atomic E-state index is 12.2. The maximum atomic E-state index is 12.2. The summed E-state index contributed by atoms with van der Waals surface area (Å²) < 4.78 is 29.9. The van der Waals surface area contributed by atoms with Gasteiger partial charge in [-0.2, -0.15) is 0 Å². The molecule has 0 aliphatic carbocycles. The Morgan fingerprint density at radius 3 is 2.59 bits per heavy atom. The van der Waals surface area contributed by atoms with Crippen LogP contribution in [0.15, 0.2) is 33.6 Å². The smallest absolute Gasteiger partial charge is 0.181 e. The van der Waals surface area contributed by atoms with Gasteiger partial charge in [0, 0.05) is 17.6 Å². The lowest BCUT2D eigenvalue weighted by molar-refractivity contribution is 0.176. The quantitative estimate of drug-likeness (QED) is 0.861. The summed E-state index contributed by atoms with van der Waals surface area (Å²) >= 11 is 3.25. The largest absolute Gasteiger partial charge is 0.383 e. The van der Waals surface area contributed by atoms with E-state index in [-0.39, 0.29) is 11.8 Å². The molecule has 1 aromatic rings. The molecular formula is C11H16BrNO3S. The molecule has 0 saturated carbocycles. The molecule has 1 unspecified atom stereocenters. The van der Waals surface area contributed by atoms with Gasteiger partial charge in [0.05, 0.1) is 17.3 Å². The van der Waals surface area contributed by atoms with Crippen LogP contribution < -0.4 is 5.32 Å². The molecule has 17 heavy (non-hydrogen) atoms. The minimum absolute atomic E-state index is 0.0138. The fourth-order valence-corrected chi connectivity index (χ4v) is 4.12. The molecule has 0 radical (unpaired) electrons. The van der Waals surface area contributed by atoms with Crippen molar-refractivity contribution in [3.63, 3.8) is 0 Å². The first-order chi connectivity index (χ1) is 8.01. The first kappa shape index (κ1) is 14.6. The molecule has 0 heterocycles. The van der Waals surface area contributed by atoms with Crippen LogP contribution in [-0.4, -0.2) is 41.0 Å². The number of hydrogen-bond acceptors (Lipinski definition) is 4. The normalized spacial score (nSPS) is 13.6. The molecule has 0 aliphatic heterocycles. The monoisotopic (exact) mass is 321 g/mol. The number of nitrogens with one attached hydrogen (secondary N) is 1. The molecule has 0 amide bonds. The van der Waals surface area contributed by atoms with Gasteiger partial charge in [-0.15, -0.1) is 0 Å². The Morgan fingerprint density at radius 2 is 2.06 bits per heavy atom. The van der Waals surface area contributed by atoms with Gasteiger partial charge >= 0.3 is 0 Å². The van der Waals surface area contributed by atoms with Gasteiger partial charge in [0.15, 0.2) is 9.84 Å². The number of likely N-dealkylation sites (N-methyl/N-ethyl adjacent to an activating group) is 1. The van der Waals surface area contributed by atoms with Crippen LogP contribution in [0.5, 0.6) is 0 Å². The van der Waals surface area contributed by atoms with Crippen LogP contribution in [0.25, 0.3) is 0 Å². The second-order valence-corrected chi connectivity index (χ2v) is 6.51. The third-order valence-corrected chi connectivity index (χ3v) is 5.19. The van der Waals surface area contributed by atoms with E-state index in [9.17, 15) is 8.42 Å². The van der Waals surface area contributed by atoms with Crippen LogP contribution in [0.3, 0.4) is 0 Å². The highest BCUT2D eigenvalue weighted by atomic mass is 79.9. The van der Waals surface area contributed by atoms with E-state index >= 15 is 0 Å². The molecule has 0 fully saturated rings. The average molecular weight is 322 g/mol. The van der Waals surface area contributed by atoms with Gasteiger partial charge in [-0.3, -0.25) is 0 Å². The lowest BCUT2D eigenvalue weighted by Gasteiger charge is -2.15. The molecule has 0 saturated heterocycles. The van der Waals surface area contributed by atoms with Crippen molar-refractivity contribution in [2.75, 3.05) is 26.5 Å². The maximum Gasteiger partial charge on any atom is 0.181 e. The Bertz CT molecular complexity index is 462. The SMILES string of the molecule is CNC(COC)CS(=O)(=O)c1ccccc1Br. The third-order valence-electron chi connectivity index (χ3n) is 2.37. The summed E-state index contributed by atoms with van der Waals surface area (Å²) in [4.78, 5) is 0.316. The van der Waals surface area contributed by atoms with Crippen LogP contribution >= 0.6 is 15.9 Å². The van der Waals surface area contributed by atoms with Gasteiger partial charge in [0.25, 0.3) is 0 Å². The molecular weight excluding hydrogens is 306 g/mol. The summed E-state index contributed by atoms with van der Waals surface area (Å²) in [6, 6.07) is 6.60. The fraction of sp³-hybridized carbons (Fsp3) is 0.455. The highest BCUT2D eigenvalue weighted by Gasteiger charge is 2.22. The second-order valence-electron chi connectivity index (χ2n) is 3.65. The predicted molar refractivity (Wildman–Crippen MR) is 70.9 cm³/mol. The molecule has 1 atom stereocenters. The Kier molecular flexibility index (Phi) is 5.58. The van der Waals surface area contributed by atoms with E-state index in [2.05, 4.69) is 21.2 Å². The van der Waals surface area contributed by atoms with E-state index < -0.39 is 9.84 Å². The van der Waals surface area contributed by atoms with Crippen LogP contribution in [0.4, 0.5) is 0 Å². The van der Waals surface area contributed by atoms with Crippen LogP contribution in [0.2, 0.25) is 0 Å². The third kappa shape index (κ3) is 4.06. The zero-order valence-corrected chi connectivity index (χ0v) is 12.2. The van der Waals surface area contributed by atoms with Gasteiger partial charge in [-0.25, -0.2) is 8.42 Å². The summed E-state index contributed by atoms with van der Waals surface area (Å²) in [5.41, 5.74) is 0. The molecule has 6 heteroatoms. The Balaban J connectivity index is 2.92. The van der Waals surface area contributed by atoms with Crippen molar-refractivity contribution >= 4 is 25.8 Å². The van der Waals surface area contributed by atoms with Crippen LogP contribution in [-0.2, 0) is 14.6 Å². The van der Waals surface area contributed by atoms with E-state index in [1.807, 2.05) is 0 Å². The zero-order chi connectivity index (χ0) is 12.9. The van der Waals surface area contributed by atoms with Crippen molar-refractivity contribution in [2.24, 2.45) is 0 Å². The van der Waals surface area contributed by atoms with E-state index in [0.29, 0.717) is 16.0 Å². The van der Waals surface area contributed by atoms with Gasteiger partial charge in [0.1, 0.15) is 0 Å². The number of methoxy groups -OCH3 is 1. The van der Waals surface area contributed by atoms with Gasteiger partial charge in [-0.1, -0.05) is 12.1 Å². The molecule has 0 bridgehead atoms. The van der Waals surface area contributed by atoms with E-state index in [1.54, 1.807) is 38.4 Å². The molecule has 1 aromatic carbocycles. The Hall–Kier alpha value is -0.430. The molecule has 4 nitrogen and oxygen atoms in total. The Morgan fingerprint density at radius 1 is 1.41 bits per heavy atom. The number of ether oxygens (including phenoxy) is 1. The summed E-state index contributed by atoms with van der Waals surface area (Å²) in [6.45, 7) is 0.361. The molecule has 1 N–H and O–H groups in total. The standard InChI is InChI=1S/C11H16BrNO3S/c1-13-9(7-16-2)8-17(14,15)11-6-4-3-5-10(11)12/h3-6,9,13H,7-8H2,1-2H3. The summed E-state index contributed by atoms with van der Waals surface area (Å²) in [5.74, 6) is 0.0138. The first-order valence-corrected chi connectivity index (χ1v) is 7.59. The average Bonchev–Trinajstić information content (AvgIpc) is 2.28. The second kappa shape index (κ2) is 6.49. The minimum Gasteiger partial charge on any atom is -0.383 e. The molecule has 0 aromatic heterocycles. The lowest BCUT2D eigenvalue weighted by atomic mass is 10.4. The van der Waals surface area contributed by atoms with Gasteiger partial charge in [-0.05, 0) is 35.1 Å². The van der Waals surface area contributed by atoms with Crippen molar-refractivity contribution in [1.29, 1.82) is 0 Å². The highest BCUT2D eigenvalue weighted by Crippen LogP contribution is 2.22. The summed E-state index contributed by atoms with van der Waals surface area (Å²) in [7, 11) is -0.0414. The van der Waals surface area contributed by atoms with Crippen molar-refractivity contribution < 1.29 is 13.2 Å². The highest BCUT2D eigenvalue weighted by molar-refractivity contribution is 9.10. The lowest BCUT2D eigenvalue weighted by Crippen LogP contribution is -2.36. The first-order valence-electron chi connectivity index (χ1n) is 5.14. The minimum atomic E-state index is -3.31. The number of benzene rings is 1. The topological polar surface area (TPSA) is 55.4 Å². The number of hydrogen-bond donors (Lipinski definition) is 1. The summed E-state index contributed by atoms with van der Waals surface area (Å²) in [5, 5.41) is 2.93. The van der Waals surface area contributed by atoms with Crippen molar-refractivity contribution in [3.8, 4) is 0 Å². The van der Waals surface area contributed by atoms with Crippen molar-refractivity contribution in [3.05, 3.63) is 28.7 Å². The molecule has 0 spiro atoms. The number of rotatable bonds is 6. The number of sulfone groups is 1. The van der Waals surface area contributed by atoms with Crippen molar-refractivity contribution in [1.82, 2.24) is 5.32 Å². The van der Waals surface area contributed by atoms with Crippen LogP contribution in [0.1, 0.15) is 0 Å². The number of halogens is 1. The van der Waals surface area contributed by atoms with E-state index in [4.69, 9.17) is 4.74 Å². The molecule has 96 valence electrons. The van der Waals surface area contributed by atoms with Gasteiger partial charge < -0.3 is 10.1 Å². The van der Waals surface area contributed by atoms with Crippen molar-refractivity contribution in [2.45, 2.75) is 10.9 Å². The molecule has 0 aliphatic rings. The Labute approximate surface area is 110 Å². The van der Waals surface area contributed by atoms with Crippen LogP contribution in [0, 0.1) is 0 Å². The predicted octanol–water partition coefficient (Wildman–Crippen LogP) is 1.46. The van der Waals surface area contributed by atoms with E-state index in [0.717, 1.165) is 0 Å². The van der Waals surface area contributed by atoms with E-state index in [1.165, 1.54) is 0 Å². The zero-order valence-electron chi connectivity index (χ0n) is 9.81. The fourth-order valence-electron chi connectivity index (χ4n) is 1.47. The van der Waals surface area contributed by atoms with Gasteiger partial charge in [0.2, 0.25) is 0 Å².